The first-order valence-electron chi connectivity index (χ1n) is 8.40. The highest BCUT2D eigenvalue weighted by atomic mass is 16.5. The Bertz CT molecular complexity index is 768. The van der Waals surface area contributed by atoms with Crippen LogP contribution in [0.3, 0.4) is 0 Å². The minimum atomic E-state index is -0.547. The molecule has 0 atom stereocenters. The molecule has 5 nitrogen and oxygen atoms in total. The first-order chi connectivity index (χ1) is 11.9. The smallest absolute Gasteiger partial charge is 0.331 e. The van der Waals surface area contributed by atoms with Gasteiger partial charge in [-0.2, -0.15) is 0 Å². The lowest BCUT2D eigenvalue weighted by molar-refractivity contribution is -0.150. The number of para-hydroxylation sites is 1. The number of ether oxygens (including phenoxy) is 1. The summed E-state index contributed by atoms with van der Waals surface area (Å²) in [6, 6.07) is 9.69. The largest absolute Gasteiger partial charge is 0.452 e. The molecule has 2 aromatic rings. The lowest BCUT2D eigenvalue weighted by Gasteiger charge is -2.30. The van der Waals surface area contributed by atoms with Gasteiger partial charge < -0.3 is 9.64 Å². The van der Waals surface area contributed by atoms with E-state index >= 15 is 0 Å². The number of nitrogens with zero attached hydrogens (tertiary/aromatic N) is 2. The third kappa shape index (κ3) is 4.89. The molecule has 1 aromatic heterocycles. The molecule has 0 bridgehead atoms. The Labute approximate surface area is 148 Å². The zero-order valence-electron chi connectivity index (χ0n) is 15.1. The molecule has 0 saturated carbocycles. The lowest BCUT2D eigenvalue weighted by atomic mass is 10.1. The Balaban J connectivity index is 2.00. The van der Waals surface area contributed by atoms with Crippen LogP contribution in [-0.2, 0) is 14.3 Å². The molecule has 2 rings (SSSR count). The molecule has 1 amide bonds. The van der Waals surface area contributed by atoms with Gasteiger partial charge in [0.2, 0.25) is 0 Å². The maximum Gasteiger partial charge on any atom is 0.331 e. The van der Waals surface area contributed by atoms with E-state index in [0.29, 0.717) is 0 Å². The number of aromatic nitrogens is 1. The van der Waals surface area contributed by atoms with E-state index in [0.717, 1.165) is 16.5 Å². The third-order valence-corrected chi connectivity index (χ3v) is 3.80. The summed E-state index contributed by atoms with van der Waals surface area (Å²) in [6.45, 7) is 7.49. The van der Waals surface area contributed by atoms with Crippen LogP contribution in [0.15, 0.2) is 42.6 Å². The molecule has 25 heavy (non-hydrogen) atoms. The molecule has 0 aliphatic rings. The van der Waals surface area contributed by atoms with Gasteiger partial charge in [-0.25, -0.2) is 4.79 Å². The number of hydrogen-bond acceptors (Lipinski definition) is 4. The van der Waals surface area contributed by atoms with Crippen LogP contribution in [0.2, 0.25) is 0 Å². The summed E-state index contributed by atoms with van der Waals surface area (Å²) >= 11 is 0. The second kappa shape index (κ2) is 8.42. The van der Waals surface area contributed by atoms with Crippen molar-refractivity contribution in [3.8, 4) is 0 Å². The number of benzene rings is 1. The first kappa shape index (κ1) is 18.6. The van der Waals surface area contributed by atoms with E-state index in [9.17, 15) is 9.59 Å². The fourth-order valence-corrected chi connectivity index (χ4v) is 2.85. The van der Waals surface area contributed by atoms with Crippen molar-refractivity contribution in [2.45, 2.75) is 39.8 Å². The molecule has 1 heterocycles. The van der Waals surface area contributed by atoms with Crippen LogP contribution in [0.5, 0.6) is 0 Å². The zero-order valence-corrected chi connectivity index (χ0v) is 15.1. The van der Waals surface area contributed by atoms with E-state index in [1.807, 2.05) is 58.0 Å². The first-order valence-corrected chi connectivity index (χ1v) is 8.40. The van der Waals surface area contributed by atoms with Crippen molar-refractivity contribution in [2.24, 2.45) is 0 Å². The number of carbonyl (C=O) groups excluding carboxylic acids is 2. The Kier molecular flexibility index (Phi) is 6.28. The van der Waals surface area contributed by atoms with Gasteiger partial charge in [0.15, 0.2) is 6.61 Å². The van der Waals surface area contributed by atoms with Crippen molar-refractivity contribution < 1.29 is 14.3 Å². The van der Waals surface area contributed by atoms with Crippen molar-refractivity contribution in [1.29, 1.82) is 0 Å². The van der Waals surface area contributed by atoms with Gasteiger partial charge in [0.1, 0.15) is 0 Å². The van der Waals surface area contributed by atoms with E-state index in [-0.39, 0.29) is 24.6 Å². The van der Waals surface area contributed by atoms with Crippen molar-refractivity contribution in [1.82, 2.24) is 9.88 Å². The second-order valence-electron chi connectivity index (χ2n) is 6.35. The predicted molar refractivity (Wildman–Crippen MR) is 98.9 cm³/mol. The minimum absolute atomic E-state index is 0.0588. The Hall–Kier alpha value is -2.69. The van der Waals surface area contributed by atoms with Crippen LogP contribution in [0, 0.1) is 0 Å². The fraction of sp³-hybridized carbons (Fsp3) is 0.350. The summed E-state index contributed by atoms with van der Waals surface area (Å²) in [5, 5.41) is 0.998. The average molecular weight is 340 g/mol. The van der Waals surface area contributed by atoms with Gasteiger partial charge in [-0.05, 0) is 39.8 Å². The van der Waals surface area contributed by atoms with Crippen molar-refractivity contribution in [2.75, 3.05) is 6.61 Å². The minimum Gasteiger partial charge on any atom is -0.452 e. The molecular weight excluding hydrogens is 316 g/mol. The Morgan fingerprint density at radius 3 is 2.48 bits per heavy atom. The lowest BCUT2D eigenvalue weighted by Crippen LogP contribution is -2.44. The molecule has 0 spiro atoms. The van der Waals surface area contributed by atoms with Crippen LogP contribution in [0.4, 0.5) is 0 Å². The highest BCUT2D eigenvalue weighted by Crippen LogP contribution is 2.17. The maximum atomic E-state index is 12.2. The number of esters is 1. The van der Waals surface area contributed by atoms with Crippen molar-refractivity contribution in [3.63, 3.8) is 0 Å². The van der Waals surface area contributed by atoms with Gasteiger partial charge >= 0.3 is 5.97 Å². The van der Waals surface area contributed by atoms with Gasteiger partial charge in [0.25, 0.3) is 5.91 Å². The summed E-state index contributed by atoms with van der Waals surface area (Å²) < 4.78 is 5.08. The standard InChI is InChI=1S/C20H24N2O3/c1-14(2)22(15(3)4)18(23)13-25-19(24)11-10-17-8-5-7-16-9-6-12-21-20(16)17/h5-12,14-15H,13H2,1-4H3/b11-10+. The van der Waals surface area contributed by atoms with Gasteiger partial charge in [-0.1, -0.05) is 24.3 Å². The maximum absolute atomic E-state index is 12.2. The monoisotopic (exact) mass is 340 g/mol. The second-order valence-corrected chi connectivity index (χ2v) is 6.35. The highest BCUT2D eigenvalue weighted by Gasteiger charge is 2.20. The molecule has 0 fully saturated rings. The number of pyridine rings is 1. The molecule has 0 aliphatic heterocycles. The number of fused-ring (bicyclic) bond motifs is 1. The van der Waals surface area contributed by atoms with E-state index in [1.165, 1.54) is 6.08 Å². The summed E-state index contributed by atoms with van der Waals surface area (Å²) in [5.74, 6) is -0.743. The van der Waals surface area contributed by atoms with Gasteiger partial charge in [0.05, 0.1) is 5.52 Å². The van der Waals surface area contributed by atoms with E-state index in [2.05, 4.69) is 4.98 Å². The number of hydrogen-bond donors (Lipinski definition) is 0. The van der Waals surface area contributed by atoms with Crippen LogP contribution in [-0.4, -0.2) is 40.5 Å². The van der Waals surface area contributed by atoms with E-state index < -0.39 is 5.97 Å². The molecule has 132 valence electrons. The zero-order chi connectivity index (χ0) is 18.4. The Morgan fingerprint density at radius 1 is 1.12 bits per heavy atom. The molecule has 1 aromatic carbocycles. The van der Waals surface area contributed by atoms with Gasteiger partial charge in [-0.15, -0.1) is 0 Å². The summed E-state index contributed by atoms with van der Waals surface area (Å²) in [7, 11) is 0. The van der Waals surface area contributed by atoms with Gasteiger partial charge in [0, 0.05) is 35.3 Å². The summed E-state index contributed by atoms with van der Waals surface area (Å²) in [6.07, 6.45) is 4.69. The molecular formula is C20H24N2O3. The third-order valence-electron chi connectivity index (χ3n) is 3.80. The summed E-state index contributed by atoms with van der Waals surface area (Å²) in [4.78, 5) is 30.1. The van der Waals surface area contributed by atoms with E-state index in [4.69, 9.17) is 4.74 Å². The number of rotatable bonds is 6. The number of carbonyl (C=O) groups is 2. The Morgan fingerprint density at radius 2 is 1.80 bits per heavy atom. The fourth-order valence-electron chi connectivity index (χ4n) is 2.85. The average Bonchev–Trinajstić information content (AvgIpc) is 2.57. The molecule has 0 unspecified atom stereocenters. The predicted octanol–water partition coefficient (Wildman–Crippen LogP) is 3.44. The van der Waals surface area contributed by atoms with Crippen LogP contribution in [0.25, 0.3) is 17.0 Å². The normalized spacial score (nSPS) is 11.4. The molecule has 0 aliphatic carbocycles. The van der Waals surface area contributed by atoms with E-state index in [1.54, 1.807) is 17.2 Å². The molecule has 5 heteroatoms. The van der Waals surface area contributed by atoms with Crippen LogP contribution < -0.4 is 0 Å². The summed E-state index contributed by atoms with van der Waals surface area (Å²) in [5.41, 5.74) is 1.64. The molecule has 0 saturated heterocycles. The van der Waals surface area contributed by atoms with Gasteiger partial charge in [-0.3, -0.25) is 9.78 Å². The van der Waals surface area contributed by atoms with Crippen LogP contribution >= 0.6 is 0 Å². The van der Waals surface area contributed by atoms with Crippen LogP contribution in [0.1, 0.15) is 33.3 Å². The topological polar surface area (TPSA) is 59.5 Å². The SMILES string of the molecule is CC(C)N(C(=O)COC(=O)/C=C/c1cccc2cccnc12)C(C)C. The quantitative estimate of drug-likeness (QED) is 0.597. The molecule has 0 radical (unpaired) electrons. The highest BCUT2D eigenvalue weighted by molar-refractivity contribution is 5.93. The number of amides is 1. The van der Waals surface area contributed by atoms with Crippen molar-refractivity contribution >= 4 is 28.9 Å². The molecule has 0 N–H and O–H groups in total. The van der Waals surface area contributed by atoms with Crippen molar-refractivity contribution in [3.05, 3.63) is 48.2 Å².